The average molecular weight is 406 g/mol. The summed E-state index contributed by atoms with van der Waals surface area (Å²) in [6.07, 6.45) is 4.25. The minimum Gasteiger partial charge on any atom is -0.338 e. The first kappa shape index (κ1) is 20.6. The summed E-state index contributed by atoms with van der Waals surface area (Å²) in [5.41, 5.74) is 3.87. The molecule has 2 amide bonds. The zero-order valence-electron chi connectivity index (χ0n) is 17.8. The predicted molar refractivity (Wildman–Crippen MR) is 119 cm³/mol. The fourth-order valence-electron chi connectivity index (χ4n) is 4.47. The van der Waals surface area contributed by atoms with Gasteiger partial charge in [-0.05, 0) is 75.5 Å². The van der Waals surface area contributed by atoms with E-state index in [1.807, 2.05) is 48.2 Å². The van der Waals surface area contributed by atoms with Crippen molar-refractivity contribution < 1.29 is 9.59 Å². The molecule has 0 saturated carbocycles. The number of piperidine rings is 1. The number of rotatable bonds is 5. The summed E-state index contributed by atoms with van der Waals surface area (Å²) in [4.78, 5) is 30.0. The van der Waals surface area contributed by atoms with E-state index < -0.39 is 0 Å². The monoisotopic (exact) mass is 405 g/mol. The van der Waals surface area contributed by atoms with E-state index in [1.165, 1.54) is 31.5 Å². The summed E-state index contributed by atoms with van der Waals surface area (Å²) in [7, 11) is 0. The van der Waals surface area contributed by atoms with Gasteiger partial charge in [-0.1, -0.05) is 29.8 Å². The van der Waals surface area contributed by atoms with Crippen molar-refractivity contribution in [2.24, 2.45) is 5.92 Å². The van der Waals surface area contributed by atoms with Gasteiger partial charge in [0.25, 0.3) is 5.91 Å². The van der Waals surface area contributed by atoms with Gasteiger partial charge in [0.05, 0.1) is 5.92 Å². The Morgan fingerprint density at radius 3 is 2.50 bits per heavy atom. The van der Waals surface area contributed by atoms with Crippen molar-refractivity contribution in [3.8, 4) is 0 Å². The molecule has 5 heteroatoms. The summed E-state index contributed by atoms with van der Waals surface area (Å²) in [6, 6.07) is 15.8. The molecule has 2 heterocycles. The SMILES string of the molecule is Cc1cccc(C(=O)N2CCC[C@@H](C(=O)Nc3ccc(CN4CCCC4)cc3)C2)c1. The van der Waals surface area contributed by atoms with E-state index >= 15 is 0 Å². The molecule has 2 saturated heterocycles. The van der Waals surface area contributed by atoms with Crippen molar-refractivity contribution in [1.82, 2.24) is 9.80 Å². The van der Waals surface area contributed by atoms with Crippen molar-refractivity contribution in [3.05, 3.63) is 65.2 Å². The molecule has 0 unspecified atom stereocenters. The molecule has 0 spiro atoms. The van der Waals surface area contributed by atoms with Gasteiger partial charge in [0, 0.05) is 30.9 Å². The van der Waals surface area contributed by atoms with Crippen molar-refractivity contribution in [2.45, 2.75) is 39.2 Å². The summed E-state index contributed by atoms with van der Waals surface area (Å²) < 4.78 is 0. The molecular formula is C25H31N3O2. The third-order valence-electron chi connectivity index (χ3n) is 6.17. The first-order valence-corrected chi connectivity index (χ1v) is 11.1. The smallest absolute Gasteiger partial charge is 0.253 e. The van der Waals surface area contributed by atoms with Crippen LogP contribution in [0.2, 0.25) is 0 Å². The van der Waals surface area contributed by atoms with Crippen LogP contribution in [-0.2, 0) is 11.3 Å². The molecule has 0 bridgehead atoms. The largest absolute Gasteiger partial charge is 0.338 e. The van der Waals surface area contributed by atoms with E-state index in [1.54, 1.807) is 0 Å². The number of anilines is 1. The maximum Gasteiger partial charge on any atom is 0.253 e. The molecule has 1 atom stereocenters. The van der Waals surface area contributed by atoms with E-state index in [9.17, 15) is 9.59 Å². The molecule has 158 valence electrons. The lowest BCUT2D eigenvalue weighted by Gasteiger charge is -2.32. The van der Waals surface area contributed by atoms with Crippen LogP contribution in [0.1, 0.15) is 47.2 Å². The quantitative estimate of drug-likeness (QED) is 0.815. The molecule has 1 N–H and O–H groups in total. The van der Waals surface area contributed by atoms with Gasteiger partial charge < -0.3 is 10.2 Å². The molecule has 5 nitrogen and oxygen atoms in total. The van der Waals surface area contributed by atoms with Gasteiger partial charge in [0.1, 0.15) is 0 Å². The second-order valence-corrected chi connectivity index (χ2v) is 8.63. The van der Waals surface area contributed by atoms with Crippen LogP contribution >= 0.6 is 0 Å². The molecule has 2 fully saturated rings. The molecule has 2 aromatic rings. The van der Waals surface area contributed by atoms with Gasteiger partial charge >= 0.3 is 0 Å². The van der Waals surface area contributed by atoms with Gasteiger partial charge in [0.2, 0.25) is 5.91 Å². The number of carbonyl (C=O) groups is 2. The Kier molecular flexibility index (Phi) is 6.48. The van der Waals surface area contributed by atoms with Crippen molar-refractivity contribution in [1.29, 1.82) is 0 Å². The first-order valence-electron chi connectivity index (χ1n) is 11.1. The number of hydrogen-bond donors (Lipinski definition) is 1. The van der Waals surface area contributed by atoms with Gasteiger partial charge in [0.15, 0.2) is 0 Å². The van der Waals surface area contributed by atoms with Crippen molar-refractivity contribution in [3.63, 3.8) is 0 Å². The lowest BCUT2D eigenvalue weighted by atomic mass is 9.96. The predicted octanol–water partition coefficient (Wildman–Crippen LogP) is 4.08. The molecule has 2 aliphatic rings. The topological polar surface area (TPSA) is 52.7 Å². The molecule has 30 heavy (non-hydrogen) atoms. The number of benzene rings is 2. The Morgan fingerprint density at radius 2 is 1.77 bits per heavy atom. The van der Waals surface area contributed by atoms with Crippen LogP contribution in [0.3, 0.4) is 0 Å². The summed E-state index contributed by atoms with van der Waals surface area (Å²) >= 11 is 0. The number of likely N-dealkylation sites (tertiary alicyclic amines) is 2. The van der Waals surface area contributed by atoms with Crippen molar-refractivity contribution >= 4 is 17.5 Å². The highest BCUT2D eigenvalue weighted by atomic mass is 16.2. The standard InChI is InChI=1S/C25H31N3O2/c1-19-6-4-7-21(16-19)25(30)28-15-5-8-22(18-28)24(29)26-23-11-9-20(10-12-23)17-27-13-2-3-14-27/h4,6-7,9-12,16,22H,2-3,5,8,13-15,17-18H2,1H3,(H,26,29)/t22-/m1/s1. The molecule has 2 aliphatic heterocycles. The Hall–Kier alpha value is -2.66. The third-order valence-corrected chi connectivity index (χ3v) is 6.17. The van der Waals surface area contributed by atoms with Crippen LogP contribution in [0, 0.1) is 12.8 Å². The maximum absolute atomic E-state index is 12.8. The fourth-order valence-corrected chi connectivity index (χ4v) is 4.47. The Morgan fingerprint density at radius 1 is 1.00 bits per heavy atom. The Bertz CT molecular complexity index is 888. The number of amides is 2. The Labute approximate surface area is 179 Å². The minimum absolute atomic E-state index is 0.00374. The molecule has 2 aromatic carbocycles. The summed E-state index contributed by atoms with van der Waals surface area (Å²) in [5.74, 6) is -0.150. The molecule has 0 radical (unpaired) electrons. The second kappa shape index (κ2) is 9.43. The highest BCUT2D eigenvalue weighted by molar-refractivity contribution is 5.96. The van der Waals surface area contributed by atoms with Crippen LogP contribution in [-0.4, -0.2) is 47.8 Å². The second-order valence-electron chi connectivity index (χ2n) is 8.63. The average Bonchev–Trinajstić information content (AvgIpc) is 3.28. The Balaban J connectivity index is 1.33. The van der Waals surface area contributed by atoms with Crippen LogP contribution in [0.15, 0.2) is 48.5 Å². The summed E-state index contributed by atoms with van der Waals surface area (Å²) in [6.45, 7) is 6.51. The zero-order chi connectivity index (χ0) is 20.9. The van der Waals surface area contributed by atoms with E-state index in [2.05, 4.69) is 22.3 Å². The lowest BCUT2D eigenvalue weighted by Crippen LogP contribution is -2.43. The number of nitrogens with one attached hydrogen (secondary N) is 1. The number of hydrogen-bond acceptors (Lipinski definition) is 3. The van der Waals surface area contributed by atoms with E-state index in [0.717, 1.165) is 30.6 Å². The maximum atomic E-state index is 12.8. The number of nitrogens with zero attached hydrogens (tertiary/aromatic N) is 2. The van der Waals surface area contributed by atoms with Crippen molar-refractivity contribution in [2.75, 3.05) is 31.5 Å². The molecule has 4 rings (SSSR count). The van der Waals surface area contributed by atoms with Crippen LogP contribution in [0.4, 0.5) is 5.69 Å². The van der Waals surface area contributed by atoms with Crippen LogP contribution < -0.4 is 5.32 Å². The van der Waals surface area contributed by atoms with Gasteiger partial charge in [-0.15, -0.1) is 0 Å². The normalized spacial score (nSPS) is 19.6. The highest BCUT2D eigenvalue weighted by Crippen LogP contribution is 2.22. The molecule has 0 aromatic heterocycles. The van der Waals surface area contributed by atoms with Gasteiger partial charge in [-0.3, -0.25) is 14.5 Å². The van der Waals surface area contributed by atoms with E-state index in [4.69, 9.17) is 0 Å². The van der Waals surface area contributed by atoms with Crippen LogP contribution in [0.5, 0.6) is 0 Å². The molecular weight excluding hydrogens is 374 g/mol. The zero-order valence-corrected chi connectivity index (χ0v) is 17.8. The third kappa shape index (κ3) is 5.08. The summed E-state index contributed by atoms with van der Waals surface area (Å²) in [5, 5.41) is 3.05. The first-order chi connectivity index (χ1) is 14.6. The minimum atomic E-state index is -0.170. The molecule has 0 aliphatic carbocycles. The fraction of sp³-hybridized carbons (Fsp3) is 0.440. The van der Waals surface area contributed by atoms with E-state index in [-0.39, 0.29) is 17.7 Å². The van der Waals surface area contributed by atoms with E-state index in [0.29, 0.717) is 18.7 Å². The highest BCUT2D eigenvalue weighted by Gasteiger charge is 2.29. The lowest BCUT2D eigenvalue weighted by molar-refractivity contribution is -0.121. The van der Waals surface area contributed by atoms with Crippen LogP contribution in [0.25, 0.3) is 0 Å². The van der Waals surface area contributed by atoms with Gasteiger partial charge in [-0.25, -0.2) is 0 Å². The van der Waals surface area contributed by atoms with Gasteiger partial charge in [-0.2, -0.15) is 0 Å². The number of carbonyl (C=O) groups excluding carboxylic acids is 2. The number of aryl methyl sites for hydroxylation is 1.